The van der Waals surface area contributed by atoms with Crippen molar-refractivity contribution in [1.29, 1.82) is 0 Å². The maximum atomic E-state index is 5.47. The SMILES string of the molecule is Cn1nc(CCCN)cc1C(C)(C)C. The van der Waals surface area contributed by atoms with Crippen molar-refractivity contribution < 1.29 is 0 Å². The zero-order chi connectivity index (χ0) is 10.8. The van der Waals surface area contributed by atoms with E-state index in [1.165, 1.54) is 5.69 Å². The van der Waals surface area contributed by atoms with Gasteiger partial charge in [0.05, 0.1) is 5.69 Å². The third-order valence-electron chi connectivity index (χ3n) is 2.34. The molecule has 0 unspecified atom stereocenters. The van der Waals surface area contributed by atoms with E-state index in [4.69, 9.17) is 5.73 Å². The topological polar surface area (TPSA) is 43.8 Å². The second-order valence-electron chi connectivity index (χ2n) is 4.79. The van der Waals surface area contributed by atoms with Gasteiger partial charge in [-0.1, -0.05) is 20.8 Å². The molecular formula is C11H21N3. The van der Waals surface area contributed by atoms with Crippen LogP contribution in [-0.2, 0) is 18.9 Å². The molecule has 0 amide bonds. The first kappa shape index (κ1) is 11.2. The lowest BCUT2D eigenvalue weighted by molar-refractivity contribution is 0.522. The molecule has 1 aromatic rings. The predicted molar refractivity (Wildman–Crippen MR) is 59.3 cm³/mol. The van der Waals surface area contributed by atoms with Crippen molar-refractivity contribution in [3.05, 3.63) is 17.5 Å². The van der Waals surface area contributed by atoms with Gasteiger partial charge in [0.1, 0.15) is 0 Å². The first-order chi connectivity index (χ1) is 6.45. The van der Waals surface area contributed by atoms with Crippen LogP contribution >= 0.6 is 0 Å². The van der Waals surface area contributed by atoms with Gasteiger partial charge in [-0.2, -0.15) is 5.10 Å². The van der Waals surface area contributed by atoms with Crippen molar-refractivity contribution in [3.63, 3.8) is 0 Å². The van der Waals surface area contributed by atoms with E-state index in [-0.39, 0.29) is 5.41 Å². The summed E-state index contributed by atoms with van der Waals surface area (Å²) in [6.45, 7) is 7.35. The van der Waals surface area contributed by atoms with E-state index in [0.717, 1.165) is 25.1 Å². The molecule has 1 aromatic heterocycles. The fraction of sp³-hybridized carbons (Fsp3) is 0.727. The van der Waals surface area contributed by atoms with Crippen LogP contribution in [0, 0.1) is 0 Å². The summed E-state index contributed by atoms with van der Waals surface area (Å²) in [4.78, 5) is 0. The molecule has 80 valence electrons. The largest absolute Gasteiger partial charge is 0.330 e. The molecule has 0 aliphatic carbocycles. The number of aryl methyl sites for hydroxylation is 2. The highest BCUT2D eigenvalue weighted by molar-refractivity contribution is 5.17. The summed E-state index contributed by atoms with van der Waals surface area (Å²) >= 11 is 0. The second kappa shape index (κ2) is 4.13. The normalized spacial score (nSPS) is 12.1. The van der Waals surface area contributed by atoms with Crippen molar-refractivity contribution in [2.45, 2.75) is 39.0 Å². The molecule has 0 aromatic carbocycles. The highest BCUT2D eigenvalue weighted by Gasteiger charge is 2.18. The predicted octanol–water partition coefficient (Wildman–Crippen LogP) is 1.61. The van der Waals surface area contributed by atoms with Crippen LogP contribution in [-0.4, -0.2) is 16.3 Å². The summed E-state index contributed by atoms with van der Waals surface area (Å²) in [5.41, 5.74) is 8.08. The highest BCUT2D eigenvalue weighted by atomic mass is 15.3. The number of aromatic nitrogens is 2. The lowest BCUT2D eigenvalue weighted by Crippen LogP contribution is -2.16. The molecule has 0 aliphatic rings. The van der Waals surface area contributed by atoms with E-state index in [1.54, 1.807) is 0 Å². The Balaban J connectivity index is 2.83. The Morgan fingerprint density at radius 1 is 1.43 bits per heavy atom. The molecule has 2 N–H and O–H groups in total. The summed E-state index contributed by atoms with van der Waals surface area (Å²) < 4.78 is 1.98. The van der Waals surface area contributed by atoms with Gasteiger partial charge in [-0.3, -0.25) is 4.68 Å². The van der Waals surface area contributed by atoms with Crippen LogP contribution < -0.4 is 5.73 Å². The maximum Gasteiger partial charge on any atom is 0.0628 e. The molecule has 1 heterocycles. The standard InChI is InChI=1S/C11H21N3/c1-11(2,3)10-8-9(6-5-7-12)13-14(10)4/h8H,5-7,12H2,1-4H3. The number of nitrogens with two attached hydrogens (primary N) is 1. The summed E-state index contributed by atoms with van der Waals surface area (Å²) in [6.07, 6.45) is 2.00. The van der Waals surface area contributed by atoms with Crippen LogP contribution in [0.5, 0.6) is 0 Å². The molecule has 0 spiro atoms. The molecule has 0 saturated carbocycles. The minimum absolute atomic E-state index is 0.169. The molecule has 0 saturated heterocycles. The van der Waals surface area contributed by atoms with Gasteiger partial charge < -0.3 is 5.73 Å². The lowest BCUT2D eigenvalue weighted by Gasteiger charge is -2.17. The van der Waals surface area contributed by atoms with E-state index in [1.807, 2.05) is 11.7 Å². The van der Waals surface area contributed by atoms with E-state index >= 15 is 0 Å². The monoisotopic (exact) mass is 195 g/mol. The first-order valence-electron chi connectivity index (χ1n) is 5.18. The van der Waals surface area contributed by atoms with Crippen LogP contribution in [0.2, 0.25) is 0 Å². The van der Waals surface area contributed by atoms with Gasteiger partial charge in [0.2, 0.25) is 0 Å². The average molecular weight is 195 g/mol. The van der Waals surface area contributed by atoms with E-state index in [0.29, 0.717) is 0 Å². The molecule has 0 radical (unpaired) electrons. The van der Waals surface area contributed by atoms with Crippen LogP contribution in [0.15, 0.2) is 6.07 Å². The van der Waals surface area contributed by atoms with E-state index < -0.39 is 0 Å². The van der Waals surface area contributed by atoms with Crippen LogP contribution in [0.25, 0.3) is 0 Å². The Hall–Kier alpha value is -0.830. The summed E-state index contributed by atoms with van der Waals surface area (Å²) in [5, 5.41) is 4.48. The quantitative estimate of drug-likeness (QED) is 0.796. The van der Waals surface area contributed by atoms with Crippen molar-refractivity contribution >= 4 is 0 Å². The Kier molecular flexibility index (Phi) is 3.32. The molecule has 3 heteroatoms. The van der Waals surface area contributed by atoms with Gasteiger partial charge in [0.25, 0.3) is 0 Å². The third-order valence-corrected chi connectivity index (χ3v) is 2.34. The van der Waals surface area contributed by atoms with Gasteiger partial charge in [-0.25, -0.2) is 0 Å². The van der Waals surface area contributed by atoms with Gasteiger partial charge in [0, 0.05) is 18.2 Å². The van der Waals surface area contributed by atoms with E-state index in [9.17, 15) is 0 Å². The van der Waals surface area contributed by atoms with Crippen molar-refractivity contribution in [3.8, 4) is 0 Å². The number of nitrogens with zero attached hydrogens (tertiary/aromatic N) is 2. The Bertz CT molecular complexity index is 294. The number of hydrogen-bond donors (Lipinski definition) is 1. The Morgan fingerprint density at radius 2 is 2.07 bits per heavy atom. The average Bonchev–Trinajstić information content (AvgIpc) is 2.42. The summed E-state index contributed by atoms with van der Waals surface area (Å²) in [5.74, 6) is 0. The third kappa shape index (κ3) is 2.58. The minimum atomic E-state index is 0.169. The smallest absolute Gasteiger partial charge is 0.0628 e. The lowest BCUT2D eigenvalue weighted by atomic mass is 9.92. The fourth-order valence-electron chi connectivity index (χ4n) is 1.63. The number of rotatable bonds is 3. The molecule has 1 rings (SSSR count). The Labute approximate surface area is 86.3 Å². The van der Waals surface area contributed by atoms with Crippen LogP contribution in [0.3, 0.4) is 0 Å². The number of hydrogen-bond acceptors (Lipinski definition) is 2. The Morgan fingerprint density at radius 3 is 2.50 bits per heavy atom. The van der Waals surface area contributed by atoms with Crippen LogP contribution in [0.4, 0.5) is 0 Å². The van der Waals surface area contributed by atoms with Crippen molar-refractivity contribution in [2.75, 3.05) is 6.54 Å². The van der Waals surface area contributed by atoms with Crippen molar-refractivity contribution in [2.24, 2.45) is 12.8 Å². The molecule has 0 aliphatic heterocycles. The maximum absolute atomic E-state index is 5.47. The first-order valence-corrected chi connectivity index (χ1v) is 5.18. The molecular weight excluding hydrogens is 174 g/mol. The summed E-state index contributed by atoms with van der Waals surface area (Å²) in [6, 6.07) is 2.19. The molecule has 0 bridgehead atoms. The highest BCUT2D eigenvalue weighted by Crippen LogP contribution is 2.22. The zero-order valence-electron chi connectivity index (χ0n) is 9.67. The van der Waals surface area contributed by atoms with Gasteiger partial charge >= 0.3 is 0 Å². The fourth-order valence-corrected chi connectivity index (χ4v) is 1.63. The van der Waals surface area contributed by atoms with Gasteiger partial charge in [-0.05, 0) is 25.5 Å². The molecule has 3 nitrogen and oxygen atoms in total. The summed E-state index contributed by atoms with van der Waals surface area (Å²) in [7, 11) is 2.01. The minimum Gasteiger partial charge on any atom is -0.330 e. The van der Waals surface area contributed by atoms with E-state index in [2.05, 4.69) is 31.9 Å². The van der Waals surface area contributed by atoms with Crippen molar-refractivity contribution in [1.82, 2.24) is 9.78 Å². The molecule has 14 heavy (non-hydrogen) atoms. The van der Waals surface area contributed by atoms with Crippen LogP contribution in [0.1, 0.15) is 38.6 Å². The molecule has 0 atom stereocenters. The second-order valence-corrected chi connectivity index (χ2v) is 4.79. The van der Waals surface area contributed by atoms with Gasteiger partial charge in [-0.15, -0.1) is 0 Å². The zero-order valence-corrected chi connectivity index (χ0v) is 9.67. The van der Waals surface area contributed by atoms with Gasteiger partial charge in [0.15, 0.2) is 0 Å². The molecule has 0 fully saturated rings.